The zero-order valence-electron chi connectivity index (χ0n) is 8.14. The summed E-state index contributed by atoms with van der Waals surface area (Å²) in [5, 5.41) is 0. The third-order valence-electron chi connectivity index (χ3n) is 2.84. The molecule has 0 heterocycles. The van der Waals surface area contributed by atoms with Gasteiger partial charge in [0.05, 0.1) is 11.0 Å². The zero-order valence-corrected chi connectivity index (χ0v) is 9.73. The number of alkyl halides is 3. The van der Waals surface area contributed by atoms with Crippen LogP contribution in [-0.4, -0.2) is 6.29 Å². The predicted octanol–water partition coefficient (Wildman–Crippen LogP) is 3.70. The second-order valence-corrected chi connectivity index (χ2v) is 4.82. The first-order valence-electron chi connectivity index (χ1n) is 4.73. The van der Waals surface area contributed by atoms with Gasteiger partial charge in [-0.3, -0.25) is 0 Å². The van der Waals surface area contributed by atoms with Gasteiger partial charge in [0.2, 0.25) is 0 Å². The Morgan fingerprint density at radius 1 is 1.31 bits per heavy atom. The second kappa shape index (κ2) is 3.58. The highest BCUT2D eigenvalue weighted by Crippen LogP contribution is 2.49. The van der Waals surface area contributed by atoms with E-state index in [9.17, 15) is 18.0 Å². The van der Waals surface area contributed by atoms with Crippen molar-refractivity contribution >= 4 is 22.2 Å². The summed E-state index contributed by atoms with van der Waals surface area (Å²) in [6, 6.07) is 3.42. The molecule has 0 unspecified atom stereocenters. The average Bonchev–Trinajstić information content (AvgIpc) is 2.97. The van der Waals surface area contributed by atoms with Gasteiger partial charge in [0.1, 0.15) is 6.29 Å². The molecule has 0 aliphatic heterocycles. The van der Waals surface area contributed by atoms with Crippen molar-refractivity contribution in [2.75, 3.05) is 0 Å². The molecule has 0 radical (unpaired) electrons. The number of rotatable bonds is 2. The first kappa shape index (κ1) is 11.6. The maximum atomic E-state index is 12.5. The monoisotopic (exact) mass is 292 g/mol. The number of hydrogen-bond donors (Lipinski definition) is 0. The number of benzene rings is 1. The molecule has 0 bridgehead atoms. The molecular formula is C11H8BrF3O. The van der Waals surface area contributed by atoms with Gasteiger partial charge >= 0.3 is 6.18 Å². The Balaban J connectivity index is 2.50. The van der Waals surface area contributed by atoms with Gasteiger partial charge in [0.15, 0.2) is 0 Å². The standard InChI is InChI=1S/C11H8BrF3O/c12-9-2-1-7(11(13,14)15)5-8(9)10(6-16)3-4-10/h1-2,5-6H,3-4H2. The van der Waals surface area contributed by atoms with Crippen LogP contribution in [0.4, 0.5) is 13.2 Å². The van der Waals surface area contributed by atoms with Gasteiger partial charge in [-0.15, -0.1) is 0 Å². The molecule has 1 saturated carbocycles. The molecule has 1 aromatic rings. The summed E-state index contributed by atoms with van der Waals surface area (Å²) in [5.74, 6) is 0. The van der Waals surface area contributed by atoms with Gasteiger partial charge in [0.25, 0.3) is 0 Å². The Morgan fingerprint density at radius 3 is 2.38 bits per heavy atom. The number of hydrogen-bond acceptors (Lipinski definition) is 1. The molecule has 0 atom stereocenters. The minimum absolute atomic E-state index is 0.442. The van der Waals surface area contributed by atoms with Crippen LogP contribution in [-0.2, 0) is 16.4 Å². The van der Waals surface area contributed by atoms with Gasteiger partial charge in [-0.2, -0.15) is 13.2 Å². The minimum atomic E-state index is -4.37. The van der Waals surface area contributed by atoms with Crippen molar-refractivity contribution in [3.8, 4) is 0 Å². The lowest BCUT2D eigenvalue weighted by Gasteiger charge is -2.14. The average molecular weight is 293 g/mol. The quantitative estimate of drug-likeness (QED) is 0.760. The van der Waals surface area contributed by atoms with E-state index < -0.39 is 17.2 Å². The van der Waals surface area contributed by atoms with E-state index in [1.165, 1.54) is 6.07 Å². The maximum absolute atomic E-state index is 12.5. The molecule has 1 aliphatic rings. The van der Waals surface area contributed by atoms with Crippen LogP contribution < -0.4 is 0 Å². The molecule has 86 valence electrons. The summed E-state index contributed by atoms with van der Waals surface area (Å²) in [6.45, 7) is 0. The van der Waals surface area contributed by atoms with Crippen molar-refractivity contribution in [1.29, 1.82) is 0 Å². The van der Waals surface area contributed by atoms with Crippen molar-refractivity contribution in [3.63, 3.8) is 0 Å². The SMILES string of the molecule is O=CC1(c2cc(C(F)(F)F)ccc2Br)CC1. The molecule has 2 rings (SSSR count). The number of carbonyl (C=O) groups excluding carboxylic acids is 1. The van der Waals surface area contributed by atoms with Crippen LogP contribution >= 0.6 is 15.9 Å². The van der Waals surface area contributed by atoms with Gasteiger partial charge < -0.3 is 4.79 Å². The van der Waals surface area contributed by atoms with E-state index in [0.717, 1.165) is 18.4 Å². The van der Waals surface area contributed by atoms with E-state index in [1.807, 2.05) is 0 Å². The summed E-state index contributed by atoms with van der Waals surface area (Å²) in [4.78, 5) is 10.9. The lowest BCUT2D eigenvalue weighted by Crippen LogP contribution is -2.12. The van der Waals surface area contributed by atoms with E-state index in [0.29, 0.717) is 22.9 Å². The van der Waals surface area contributed by atoms with Gasteiger partial charge in [-0.05, 0) is 36.6 Å². The molecule has 1 aromatic carbocycles. The number of halogens is 4. The van der Waals surface area contributed by atoms with Crippen LogP contribution in [0.2, 0.25) is 0 Å². The molecule has 0 aromatic heterocycles. The topological polar surface area (TPSA) is 17.1 Å². The summed E-state index contributed by atoms with van der Waals surface area (Å²) in [5.41, 5.74) is -0.962. The second-order valence-electron chi connectivity index (χ2n) is 3.97. The van der Waals surface area contributed by atoms with Crippen LogP contribution in [0.1, 0.15) is 24.0 Å². The largest absolute Gasteiger partial charge is 0.416 e. The van der Waals surface area contributed by atoms with Crippen LogP contribution in [0.25, 0.3) is 0 Å². The number of aldehydes is 1. The Kier molecular flexibility index (Phi) is 2.61. The Hall–Kier alpha value is -0.840. The van der Waals surface area contributed by atoms with Crippen LogP contribution in [0.15, 0.2) is 22.7 Å². The molecule has 0 N–H and O–H groups in total. The van der Waals surface area contributed by atoms with Gasteiger partial charge in [0, 0.05) is 4.47 Å². The lowest BCUT2D eigenvalue weighted by atomic mass is 9.96. The van der Waals surface area contributed by atoms with Crippen LogP contribution in [0.3, 0.4) is 0 Å². The summed E-state index contributed by atoms with van der Waals surface area (Å²) >= 11 is 3.19. The highest BCUT2D eigenvalue weighted by Gasteiger charge is 2.46. The molecule has 5 heteroatoms. The zero-order chi connectivity index (χ0) is 12.0. The normalized spacial score (nSPS) is 18.2. The van der Waals surface area contributed by atoms with Gasteiger partial charge in [-0.1, -0.05) is 15.9 Å². The predicted molar refractivity (Wildman–Crippen MR) is 56.1 cm³/mol. The van der Waals surface area contributed by atoms with E-state index in [-0.39, 0.29) is 0 Å². The third-order valence-corrected chi connectivity index (χ3v) is 3.54. The molecule has 16 heavy (non-hydrogen) atoms. The van der Waals surface area contributed by atoms with Crippen LogP contribution in [0, 0.1) is 0 Å². The lowest BCUT2D eigenvalue weighted by molar-refractivity contribution is -0.137. The molecule has 1 aliphatic carbocycles. The van der Waals surface area contributed by atoms with Crippen molar-refractivity contribution in [2.24, 2.45) is 0 Å². The fraction of sp³-hybridized carbons (Fsp3) is 0.364. The Labute approximate surface area is 98.8 Å². The highest BCUT2D eigenvalue weighted by molar-refractivity contribution is 9.10. The number of carbonyl (C=O) groups is 1. The summed E-state index contributed by atoms with van der Waals surface area (Å²) < 4.78 is 38.1. The minimum Gasteiger partial charge on any atom is -0.302 e. The molecule has 0 saturated heterocycles. The Morgan fingerprint density at radius 2 is 1.94 bits per heavy atom. The highest BCUT2D eigenvalue weighted by atomic mass is 79.9. The molecule has 1 nitrogen and oxygen atoms in total. The van der Waals surface area contributed by atoms with Crippen LogP contribution in [0.5, 0.6) is 0 Å². The first-order chi connectivity index (χ1) is 7.39. The first-order valence-corrected chi connectivity index (χ1v) is 5.52. The Bertz CT molecular complexity index is 435. The third kappa shape index (κ3) is 1.88. The van der Waals surface area contributed by atoms with Crippen molar-refractivity contribution in [3.05, 3.63) is 33.8 Å². The fourth-order valence-electron chi connectivity index (χ4n) is 1.67. The van der Waals surface area contributed by atoms with E-state index in [4.69, 9.17) is 0 Å². The van der Waals surface area contributed by atoms with Crippen molar-refractivity contribution < 1.29 is 18.0 Å². The van der Waals surface area contributed by atoms with Gasteiger partial charge in [-0.25, -0.2) is 0 Å². The molecule has 0 amide bonds. The summed E-state index contributed by atoms with van der Waals surface area (Å²) in [6.07, 6.45) is -2.38. The molecular weight excluding hydrogens is 285 g/mol. The molecule has 0 spiro atoms. The van der Waals surface area contributed by atoms with Crippen molar-refractivity contribution in [2.45, 2.75) is 24.4 Å². The summed E-state index contributed by atoms with van der Waals surface area (Å²) in [7, 11) is 0. The molecule has 1 fully saturated rings. The fourth-order valence-corrected chi connectivity index (χ4v) is 2.31. The maximum Gasteiger partial charge on any atom is 0.416 e. The van der Waals surface area contributed by atoms with E-state index in [1.54, 1.807) is 0 Å². The van der Waals surface area contributed by atoms with E-state index >= 15 is 0 Å². The smallest absolute Gasteiger partial charge is 0.302 e. The van der Waals surface area contributed by atoms with E-state index in [2.05, 4.69) is 15.9 Å². The van der Waals surface area contributed by atoms with Crippen molar-refractivity contribution in [1.82, 2.24) is 0 Å².